The van der Waals surface area contributed by atoms with Crippen molar-refractivity contribution in [2.75, 3.05) is 13.2 Å². The molecule has 2 aromatic rings. The Morgan fingerprint density at radius 2 is 1.87 bits per heavy atom. The van der Waals surface area contributed by atoms with Crippen LogP contribution in [0.4, 0.5) is 4.79 Å². The third kappa shape index (κ3) is 3.41. The number of benzene rings is 1. The summed E-state index contributed by atoms with van der Waals surface area (Å²) in [6.45, 7) is 4.86. The van der Waals surface area contributed by atoms with Gasteiger partial charge < -0.3 is 15.0 Å². The van der Waals surface area contributed by atoms with Gasteiger partial charge in [0.15, 0.2) is 5.78 Å². The van der Waals surface area contributed by atoms with Crippen LogP contribution in [0.3, 0.4) is 0 Å². The molecule has 1 fully saturated rings. The zero-order chi connectivity index (χ0) is 22.3. The summed E-state index contributed by atoms with van der Waals surface area (Å²) < 4.78 is 5.06. The zero-order valence-corrected chi connectivity index (χ0v) is 17.8. The number of hydrogen-bond donors (Lipinski definition) is 2. The van der Waals surface area contributed by atoms with E-state index >= 15 is 0 Å². The van der Waals surface area contributed by atoms with Crippen molar-refractivity contribution in [1.82, 2.24) is 15.2 Å². The molecular weight excluding hydrogens is 398 g/mol. The van der Waals surface area contributed by atoms with Gasteiger partial charge in [0.25, 0.3) is 5.91 Å². The van der Waals surface area contributed by atoms with Crippen LogP contribution in [0.2, 0.25) is 0 Å². The molecule has 1 atom stereocenters. The Kier molecular flexibility index (Phi) is 5.16. The zero-order valence-electron chi connectivity index (χ0n) is 17.8. The van der Waals surface area contributed by atoms with Gasteiger partial charge in [-0.3, -0.25) is 14.5 Å². The highest BCUT2D eigenvalue weighted by Gasteiger charge is 2.52. The predicted molar refractivity (Wildman–Crippen MR) is 112 cm³/mol. The number of ether oxygens (including phenoxy) is 1. The molecule has 2 N–H and O–H groups in total. The van der Waals surface area contributed by atoms with Crippen molar-refractivity contribution in [3.05, 3.63) is 57.9 Å². The number of nitrogens with one attached hydrogen (secondary N) is 2. The Labute approximate surface area is 179 Å². The minimum Gasteiger partial charge on any atom is -0.462 e. The predicted octanol–water partition coefficient (Wildman–Crippen LogP) is 2.47. The number of ketones is 1. The monoisotopic (exact) mass is 423 g/mol. The molecule has 0 bridgehead atoms. The van der Waals surface area contributed by atoms with E-state index in [1.165, 1.54) is 5.56 Å². The van der Waals surface area contributed by atoms with Gasteiger partial charge in [-0.05, 0) is 50.3 Å². The maximum absolute atomic E-state index is 13.2. The highest BCUT2D eigenvalue weighted by molar-refractivity contribution is 6.12. The second kappa shape index (κ2) is 7.68. The number of H-pyrrole nitrogens is 1. The van der Waals surface area contributed by atoms with Crippen LogP contribution in [-0.2, 0) is 22.4 Å². The van der Waals surface area contributed by atoms with Crippen molar-refractivity contribution in [2.45, 2.75) is 45.6 Å². The van der Waals surface area contributed by atoms with Gasteiger partial charge >= 0.3 is 12.0 Å². The number of carbonyl (C=O) groups is 4. The number of urea groups is 1. The highest BCUT2D eigenvalue weighted by atomic mass is 16.5. The Morgan fingerprint density at radius 1 is 1.16 bits per heavy atom. The fourth-order valence-electron chi connectivity index (χ4n) is 4.61. The minimum absolute atomic E-state index is 0.205. The number of aromatic nitrogens is 1. The molecule has 8 heteroatoms. The van der Waals surface area contributed by atoms with Crippen molar-refractivity contribution in [3.8, 4) is 0 Å². The lowest BCUT2D eigenvalue weighted by molar-refractivity contribution is -0.131. The van der Waals surface area contributed by atoms with Gasteiger partial charge in [-0.2, -0.15) is 0 Å². The molecule has 4 rings (SSSR count). The smallest absolute Gasteiger partial charge is 0.340 e. The van der Waals surface area contributed by atoms with E-state index < -0.39 is 29.9 Å². The van der Waals surface area contributed by atoms with Crippen LogP contribution in [0.25, 0.3) is 0 Å². The lowest BCUT2D eigenvalue weighted by Gasteiger charge is -2.32. The first kappa shape index (κ1) is 20.8. The van der Waals surface area contributed by atoms with E-state index in [9.17, 15) is 19.2 Å². The van der Waals surface area contributed by atoms with Crippen LogP contribution in [0.15, 0.2) is 24.3 Å². The van der Waals surface area contributed by atoms with Crippen LogP contribution in [0.1, 0.15) is 56.6 Å². The van der Waals surface area contributed by atoms with E-state index in [-0.39, 0.29) is 18.2 Å². The Hall–Kier alpha value is -3.42. The van der Waals surface area contributed by atoms with Crippen molar-refractivity contribution >= 4 is 23.7 Å². The average Bonchev–Trinajstić information content (AvgIpc) is 3.15. The standard InChI is InChI=1S/C23H25N3O5/c1-4-31-20(28)18-13(2)19(24-14(18)3)17(27)12-26-21(29)23(25-22(26)30)10-9-15-7-5-6-8-16(15)11-23/h5-8,24H,4,9-12H2,1-3H3,(H,25,30)/t23-/m1/s1. The summed E-state index contributed by atoms with van der Waals surface area (Å²) in [7, 11) is 0. The van der Waals surface area contributed by atoms with Gasteiger partial charge in [0, 0.05) is 12.1 Å². The molecule has 0 radical (unpaired) electrons. The molecule has 1 spiro atoms. The number of nitrogens with zero attached hydrogens (tertiary/aromatic N) is 1. The Morgan fingerprint density at radius 3 is 2.58 bits per heavy atom. The molecule has 162 valence electrons. The van der Waals surface area contributed by atoms with Crippen LogP contribution >= 0.6 is 0 Å². The number of esters is 1. The number of Topliss-reactive ketones (excluding diaryl/α,β-unsaturated/α-hetero) is 1. The highest BCUT2D eigenvalue weighted by Crippen LogP contribution is 2.33. The van der Waals surface area contributed by atoms with E-state index in [4.69, 9.17) is 4.74 Å². The molecule has 1 aromatic carbocycles. The van der Waals surface area contributed by atoms with E-state index in [1.807, 2.05) is 24.3 Å². The second-order valence-electron chi connectivity index (χ2n) is 8.12. The third-order valence-corrected chi connectivity index (χ3v) is 6.18. The number of rotatable bonds is 5. The lowest BCUT2D eigenvalue weighted by atomic mass is 9.78. The minimum atomic E-state index is -1.01. The van der Waals surface area contributed by atoms with E-state index in [2.05, 4.69) is 10.3 Å². The van der Waals surface area contributed by atoms with Crippen LogP contribution in [0.5, 0.6) is 0 Å². The van der Waals surface area contributed by atoms with Crippen molar-refractivity contribution in [3.63, 3.8) is 0 Å². The molecule has 31 heavy (non-hydrogen) atoms. The molecule has 1 aliphatic heterocycles. The number of fused-ring (bicyclic) bond motifs is 1. The van der Waals surface area contributed by atoms with E-state index in [0.29, 0.717) is 36.1 Å². The number of imide groups is 1. The topological polar surface area (TPSA) is 109 Å². The third-order valence-electron chi connectivity index (χ3n) is 6.18. The average molecular weight is 423 g/mol. The van der Waals surface area contributed by atoms with Crippen LogP contribution in [-0.4, -0.2) is 52.3 Å². The summed E-state index contributed by atoms with van der Waals surface area (Å²) in [4.78, 5) is 54.9. The summed E-state index contributed by atoms with van der Waals surface area (Å²) in [5.41, 5.74) is 2.67. The summed E-state index contributed by atoms with van der Waals surface area (Å²) in [5, 5.41) is 2.83. The molecule has 2 aliphatic rings. The molecule has 0 saturated carbocycles. The summed E-state index contributed by atoms with van der Waals surface area (Å²) >= 11 is 0. The first-order chi connectivity index (χ1) is 14.8. The van der Waals surface area contributed by atoms with Crippen molar-refractivity contribution < 1.29 is 23.9 Å². The van der Waals surface area contributed by atoms with E-state index in [0.717, 1.165) is 10.5 Å². The number of hydrogen-bond acceptors (Lipinski definition) is 5. The first-order valence-electron chi connectivity index (χ1n) is 10.4. The molecule has 1 aliphatic carbocycles. The van der Waals surface area contributed by atoms with Crippen LogP contribution < -0.4 is 5.32 Å². The molecule has 1 saturated heterocycles. The maximum atomic E-state index is 13.2. The summed E-state index contributed by atoms with van der Waals surface area (Å²) in [6.07, 6.45) is 1.58. The number of carbonyl (C=O) groups excluding carboxylic acids is 4. The molecule has 8 nitrogen and oxygen atoms in total. The molecule has 3 amide bonds. The fourth-order valence-corrected chi connectivity index (χ4v) is 4.61. The van der Waals surface area contributed by atoms with E-state index in [1.54, 1.807) is 20.8 Å². The number of aromatic amines is 1. The van der Waals surface area contributed by atoms with Gasteiger partial charge in [0.1, 0.15) is 5.54 Å². The quantitative estimate of drug-likeness (QED) is 0.436. The van der Waals surface area contributed by atoms with Crippen LogP contribution in [0, 0.1) is 13.8 Å². The first-order valence-corrected chi connectivity index (χ1v) is 10.4. The molecule has 1 aromatic heterocycles. The maximum Gasteiger partial charge on any atom is 0.340 e. The number of aryl methyl sites for hydroxylation is 2. The van der Waals surface area contributed by atoms with Gasteiger partial charge in [-0.15, -0.1) is 0 Å². The molecule has 2 heterocycles. The molecule has 0 unspecified atom stereocenters. The SMILES string of the molecule is CCOC(=O)c1c(C)[nH]c(C(=O)CN2C(=O)N[C@@]3(CCc4ccccc4C3)C2=O)c1C. The van der Waals surface area contributed by atoms with Gasteiger partial charge in [-0.1, -0.05) is 24.3 Å². The second-order valence-corrected chi connectivity index (χ2v) is 8.12. The van der Waals surface area contributed by atoms with Gasteiger partial charge in [0.2, 0.25) is 0 Å². The Balaban J connectivity index is 1.55. The summed E-state index contributed by atoms with van der Waals surface area (Å²) in [6, 6.07) is 7.30. The van der Waals surface area contributed by atoms with Gasteiger partial charge in [-0.25, -0.2) is 9.59 Å². The fraction of sp³-hybridized carbons (Fsp3) is 0.391. The van der Waals surface area contributed by atoms with Crippen molar-refractivity contribution in [1.29, 1.82) is 0 Å². The van der Waals surface area contributed by atoms with Gasteiger partial charge in [0.05, 0.1) is 24.4 Å². The lowest BCUT2D eigenvalue weighted by Crippen LogP contribution is -2.51. The normalized spacial score (nSPS) is 20.0. The number of amides is 3. The largest absolute Gasteiger partial charge is 0.462 e. The Bertz CT molecular complexity index is 1100. The van der Waals surface area contributed by atoms with Crippen molar-refractivity contribution in [2.24, 2.45) is 0 Å². The summed E-state index contributed by atoms with van der Waals surface area (Å²) in [5.74, 6) is -1.33. The molecular formula is C23H25N3O5.